The highest BCUT2D eigenvalue weighted by atomic mass is 32.2. The molecule has 1 aliphatic rings. The Morgan fingerprint density at radius 2 is 1.97 bits per heavy atom. The van der Waals surface area contributed by atoms with E-state index in [2.05, 4.69) is 15.6 Å². The lowest BCUT2D eigenvalue weighted by atomic mass is 10.1. The first-order valence-electron chi connectivity index (χ1n) is 9.71. The Balaban J connectivity index is 1.79. The van der Waals surface area contributed by atoms with Crippen molar-refractivity contribution >= 4 is 15.9 Å². The number of sulfonamides is 1. The number of nitrogens with zero attached hydrogens (tertiary/aromatic N) is 4. The molecule has 1 N–H and O–H groups in total. The maximum atomic E-state index is 13.2. The summed E-state index contributed by atoms with van der Waals surface area (Å²) in [7, 11) is -0.773. The van der Waals surface area contributed by atoms with Gasteiger partial charge in [0, 0.05) is 25.2 Å². The van der Waals surface area contributed by atoms with Crippen LogP contribution in [0.2, 0.25) is 0 Å². The summed E-state index contributed by atoms with van der Waals surface area (Å²) in [6.45, 7) is 4.37. The lowest BCUT2D eigenvalue weighted by Gasteiger charge is -2.31. The second kappa shape index (κ2) is 9.00. The number of benzene rings is 1. The minimum Gasteiger partial charge on any atom is -0.493 e. The van der Waals surface area contributed by atoms with E-state index in [9.17, 15) is 13.2 Å². The first kappa shape index (κ1) is 22.0. The van der Waals surface area contributed by atoms with Crippen LogP contribution in [0, 0.1) is 0 Å². The van der Waals surface area contributed by atoms with Gasteiger partial charge in [-0.05, 0) is 38.8 Å². The van der Waals surface area contributed by atoms with Crippen LogP contribution in [0.4, 0.5) is 0 Å². The fourth-order valence-electron chi connectivity index (χ4n) is 3.38. The number of piperidine rings is 1. The number of amides is 1. The van der Waals surface area contributed by atoms with E-state index in [4.69, 9.17) is 9.47 Å². The van der Waals surface area contributed by atoms with Crippen LogP contribution in [0.5, 0.6) is 11.5 Å². The molecule has 30 heavy (non-hydrogen) atoms. The van der Waals surface area contributed by atoms with Crippen LogP contribution in [0.3, 0.4) is 0 Å². The van der Waals surface area contributed by atoms with Crippen molar-refractivity contribution in [2.75, 3.05) is 27.3 Å². The van der Waals surface area contributed by atoms with E-state index < -0.39 is 10.0 Å². The molecule has 0 aliphatic carbocycles. The minimum atomic E-state index is -3.73. The lowest BCUT2D eigenvalue weighted by molar-refractivity contribution is 0.0938. The molecular formula is C19H27N5O5S. The molecule has 0 saturated carbocycles. The average Bonchev–Trinajstić information content (AvgIpc) is 3.23. The lowest BCUT2D eigenvalue weighted by Crippen LogP contribution is -2.40. The van der Waals surface area contributed by atoms with Gasteiger partial charge in [0.15, 0.2) is 17.2 Å². The zero-order valence-corrected chi connectivity index (χ0v) is 18.3. The minimum absolute atomic E-state index is 0.0144. The summed E-state index contributed by atoms with van der Waals surface area (Å²) in [5, 5.41) is 10.8. The second-order valence-corrected chi connectivity index (χ2v) is 9.33. The predicted octanol–water partition coefficient (Wildman–Crippen LogP) is 1.46. The van der Waals surface area contributed by atoms with Crippen LogP contribution in [0.15, 0.2) is 29.3 Å². The van der Waals surface area contributed by atoms with Gasteiger partial charge in [-0.2, -0.15) is 4.31 Å². The molecule has 3 rings (SSSR count). The van der Waals surface area contributed by atoms with E-state index in [1.54, 1.807) is 16.9 Å². The van der Waals surface area contributed by atoms with Gasteiger partial charge in [0.1, 0.15) is 0 Å². The maximum Gasteiger partial charge on any atom is 0.273 e. The van der Waals surface area contributed by atoms with Gasteiger partial charge in [-0.15, -0.1) is 5.10 Å². The molecule has 164 valence electrons. The Morgan fingerprint density at radius 1 is 1.23 bits per heavy atom. The van der Waals surface area contributed by atoms with Crippen LogP contribution in [0.25, 0.3) is 0 Å². The SMILES string of the molecule is COc1ccc(S(=O)(=O)N2CCC[C@H](n3cc(C(=O)NC(C)C)nn3)C2)cc1OC. The summed E-state index contributed by atoms with van der Waals surface area (Å²) in [6.07, 6.45) is 2.98. The largest absolute Gasteiger partial charge is 0.493 e. The highest BCUT2D eigenvalue weighted by Crippen LogP contribution is 2.32. The Labute approximate surface area is 176 Å². The Hall–Kier alpha value is -2.66. The molecule has 1 aromatic carbocycles. The molecule has 1 atom stereocenters. The first-order chi connectivity index (χ1) is 14.3. The predicted molar refractivity (Wildman–Crippen MR) is 109 cm³/mol. The molecule has 1 aromatic heterocycles. The molecule has 0 bridgehead atoms. The van der Waals surface area contributed by atoms with E-state index in [0.717, 1.165) is 6.42 Å². The van der Waals surface area contributed by atoms with Crippen LogP contribution in [-0.4, -0.2) is 67.0 Å². The number of nitrogens with one attached hydrogen (secondary N) is 1. The van der Waals surface area contributed by atoms with Crippen LogP contribution >= 0.6 is 0 Å². The van der Waals surface area contributed by atoms with Gasteiger partial charge in [0.05, 0.1) is 31.4 Å². The highest BCUT2D eigenvalue weighted by Gasteiger charge is 2.32. The molecule has 0 unspecified atom stereocenters. The summed E-state index contributed by atoms with van der Waals surface area (Å²) < 4.78 is 39.8. The molecular weight excluding hydrogens is 410 g/mol. The van der Waals surface area contributed by atoms with Gasteiger partial charge in [-0.25, -0.2) is 13.1 Å². The first-order valence-corrected chi connectivity index (χ1v) is 11.1. The van der Waals surface area contributed by atoms with Gasteiger partial charge in [-0.3, -0.25) is 4.79 Å². The van der Waals surface area contributed by atoms with Gasteiger partial charge in [0.2, 0.25) is 10.0 Å². The Kier molecular flexibility index (Phi) is 6.61. The number of hydrogen-bond donors (Lipinski definition) is 1. The van der Waals surface area contributed by atoms with E-state index in [1.165, 1.54) is 30.7 Å². The number of rotatable bonds is 7. The fourth-order valence-corrected chi connectivity index (χ4v) is 4.91. The summed E-state index contributed by atoms with van der Waals surface area (Å²) >= 11 is 0. The molecule has 11 heteroatoms. The van der Waals surface area contributed by atoms with Gasteiger partial charge < -0.3 is 14.8 Å². The monoisotopic (exact) mass is 437 g/mol. The zero-order chi connectivity index (χ0) is 21.9. The molecule has 1 fully saturated rings. The topological polar surface area (TPSA) is 116 Å². The number of hydrogen-bond acceptors (Lipinski definition) is 7. The number of carbonyl (C=O) groups is 1. The molecule has 0 radical (unpaired) electrons. The van der Waals surface area contributed by atoms with Crippen molar-refractivity contribution in [3.63, 3.8) is 0 Å². The van der Waals surface area contributed by atoms with Crippen molar-refractivity contribution in [3.8, 4) is 11.5 Å². The smallest absolute Gasteiger partial charge is 0.273 e. The van der Waals surface area contributed by atoms with Crippen LogP contribution in [-0.2, 0) is 10.0 Å². The van der Waals surface area contributed by atoms with Crippen molar-refractivity contribution in [2.24, 2.45) is 0 Å². The third-order valence-corrected chi connectivity index (χ3v) is 6.75. The van der Waals surface area contributed by atoms with Gasteiger partial charge in [0.25, 0.3) is 5.91 Å². The van der Waals surface area contributed by atoms with Crippen molar-refractivity contribution in [1.29, 1.82) is 0 Å². The molecule has 2 aromatic rings. The van der Waals surface area contributed by atoms with E-state index in [0.29, 0.717) is 24.5 Å². The number of methoxy groups -OCH3 is 2. The van der Waals surface area contributed by atoms with Gasteiger partial charge >= 0.3 is 0 Å². The van der Waals surface area contributed by atoms with Crippen LogP contribution < -0.4 is 14.8 Å². The highest BCUT2D eigenvalue weighted by molar-refractivity contribution is 7.89. The average molecular weight is 438 g/mol. The molecule has 1 amide bonds. The molecule has 1 aliphatic heterocycles. The van der Waals surface area contributed by atoms with Gasteiger partial charge in [-0.1, -0.05) is 5.21 Å². The Bertz CT molecular complexity index is 1000. The summed E-state index contributed by atoms with van der Waals surface area (Å²) in [5.74, 6) is 0.508. The van der Waals surface area contributed by atoms with Crippen molar-refractivity contribution in [2.45, 2.75) is 43.7 Å². The normalized spacial score (nSPS) is 17.7. The van der Waals surface area contributed by atoms with Crippen molar-refractivity contribution < 1.29 is 22.7 Å². The number of carbonyl (C=O) groups excluding carboxylic acids is 1. The summed E-state index contributed by atoms with van der Waals surface area (Å²) in [4.78, 5) is 12.3. The fraction of sp³-hybridized carbons (Fsp3) is 0.526. The van der Waals surface area contributed by atoms with E-state index in [-0.39, 0.29) is 35.1 Å². The van der Waals surface area contributed by atoms with Crippen LogP contribution in [0.1, 0.15) is 43.2 Å². The van der Waals surface area contributed by atoms with Crippen molar-refractivity contribution in [3.05, 3.63) is 30.1 Å². The number of aromatic nitrogens is 3. The van der Waals surface area contributed by atoms with E-state index >= 15 is 0 Å². The standard InChI is InChI=1S/C19H27N5O5S/c1-13(2)20-19(25)16-12-24(22-21-16)14-6-5-9-23(11-14)30(26,27)15-7-8-17(28-3)18(10-15)29-4/h7-8,10,12-14H,5-6,9,11H2,1-4H3,(H,20,25)/t14-/m0/s1. The van der Waals surface area contributed by atoms with E-state index in [1.807, 2.05) is 13.8 Å². The third kappa shape index (κ3) is 4.57. The quantitative estimate of drug-likeness (QED) is 0.697. The second-order valence-electron chi connectivity index (χ2n) is 7.39. The zero-order valence-electron chi connectivity index (χ0n) is 17.5. The Morgan fingerprint density at radius 3 is 2.63 bits per heavy atom. The summed E-state index contributed by atoms with van der Waals surface area (Å²) in [5.41, 5.74) is 0.212. The maximum absolute atomic E-state index is 13.2. The molecule has 2 heterocycles. The summed E-state index contributed by atoms with van der Waals surface area (Å²) in [6, 6.07) is 4.32. The number of ether oxygens (including phenoxy) is 2. The molecule has 0 spiro atoms. The van der Waals surface area contributed by atoms with Crippen molar-refractivity contribution in [1.82, 2.24) is 24.6 Å². The molecule has 10 nitrogen and oxygen atoms in total. The molecule has 1 saturated heterocycles. The third-order valence-electron chi connectivity index (χ3n) is 4.89.